The van der Waals surface area contributed by atoms with Crippen LogP contribution in [0.5, 0.6) is 0 Å². The third-order valence-electron chi connectivity index (χ3n) is 9.95. The van der Waals surface area contributed by atoms with E-state index in [9.17, 15) is 24.6 Å². The highest BCUT2D eigenvalue weighted by Gasteiger charge is 2.36. The van der Waals surface area contributed by atoms with Crippen molar-refractivity contribution in [2.75, 3.05) is 20.1 Å². The Morgan fingerprint density at radius 2 is 1.64 bits per heavy atom. The van der Waals surface area contributed by atoms with Crippen molar-refractivity contribution in [1.82, 2.24) is 30.4 Å². The van der Waals surface area contributed by atoms with Gasteiger partial charge in [0, 0.05) is 45.6 Å². The monoisotopic (exact) mass is 652 g/mol. The zero-order valence-corrected chi connectivity index (χ0v) is 28.4. The molecule has 0 bridgehead atoms. The molecule has 1 saturated carbocycles. The molecule has 5 N–H and O–H groups in total. The van der Waals surface area contributed by atoms with E-state index in [0.717, 1.165) is 50.5 Å². The predicted octanol–water partition coefficient (Wildman–Crippen LogP) is 3.81. The first kappa shape index (κ1) is 36.4. The van der Waals surface area contributed by atoms with Crippen molar-refractivity contribution in [2.45, 2.75) is 121 Å². The van der Waals surface area contributed by atoms with Crippen LogP contribution in [-0.4, -0.2) is 98.3 Å². The van der Waals surface area contributed by atoms with E-state index in [2.05, 4.69) is 20.6 Å². The Kier molecular flexibility index (Phi) is 14.1. The number of likely N-dealkylation sites (tertiary alicyclic amines) is 1. The molecular weight excluding hydrogens is 596 g/mol. The summed E-state index contributed by atoms with van der Waals surface area (Å²) in [5.74, 6) is -0.448. The number of piperidine rings is 1. The van der Waals surface area contributed by atoms with Crippen LogP contribution < -0.4 is 10.6 Å². The van der Waals surface area contributed by atoms with Gasteiger partial charge < -0.3 is 35.6 Å². The maximum absolute atomic E-state index is 14.3. The fraction of sp³-hybridized carbons (Fsp3) is 0.667. The van der Waals surface area contributed by atoms with Gasteiger partial charge in [0.05, 0.1) is 30.3 Å². The summed E-state index contributed by atoms with van der Waals surface area (Å²) >= 11 is 0. The second-order valence-corrected chi connectivity index (χ2v) is 13.9. The second kappa shape index (κ2) is 18.2. The quantitative estimate of drug-likeness (QED) is 0.198. The molecule has 11 heteroatoms. The topological polar surface area (TPSA) is 151 Å². The lowest BCUT2D eigenvalue weighted by molar-refractivity contribution is -0.141. The van der Waals surface area contributed by atoms with Crippen LogP contribution in [0.15, 0.2) is 42.9 Å². The minimum atomic E-state index is -0.952. The summed E-state index contributed by atoms with van der Waals surface area (Å²) in [6.07, 6.45) is 11.2. The van der Waals surface area contributed by atoms with Gasteiger partial charge >= 0.3 is 6.03 Å². The van der Waals surface area contributed by atoms with Gasteiger partial charge in [-0.2, -0.15) is 0 Å². The summed E-state index contributed by atoms with van der Waals surface area (Å²) in [5.41, 5.74) is 1.51. The number of aliphatic hydroxyl groups is 2. The molecule has 2 unspecified atom stereocenters. The third-order valence-corrected chi connectivity index (χ3v) is 9.95. The van der Waals surface area contributed by atoms with Crippen LogP contribution in [0.2, 0.25) is 0 Å². The largest absolute Gasteiger partial charge is 0.393 e. The number of hydrogen-bond acceptors (Lipinski definition) is 6. The molecule has 0 radical (unpaired) electrons. The number of urea groups is 1. The Bertz CT molecular complexity index is 1230. The lowest BCUT2D eigenvalue weighted by Crippen LogP contribution is -2.59. The molecule has 260 valence electrons. The zero-order valence-electron chi connectivity index (χ0n) is 28.4. The fourth-order valence-corrected chi connectivity index (χ4v) is 6.85. The molecule has 2 aliphatic rings. The number of aromatic nitrogens is 2. The number of nitrogens with one attached hydrogen (secondary N) is 3. The van der Waals surface area contributed by atoms with E-state index in [-0.39, 0.29) is 37.1 Å². The van der Waals surface area contributed by atoms with Crippen molar-refractivity contribution in [2.24, 2.45) is 11.8 Å². The number of imidazole rings is 1. The minimum absolute atomic E-state index is 0.0338. The molecule has 5 atom stereocenters. The van der Waals surface area contributed by atoms with Gasteiger partial charge in [-0.25, -0.2) is 9.78 Å². The standard InChI is InChI=1S/C36H56N6O5/c1-25(2)32(43)22-33(44)29(19-26-13-7-4-8-14-26)39-34(45)31(21-28-23-37-24-38-28)41(3)35(46)30(20-27-15-9-5-10-16-27)40-36(47)42-17-11-6-12-18-42/h5,9-10,15-16,23-26,29-33,43-44H,4,6-8,11-14,17-22H2,1-3H3,(H,37,38)(H,39,45)(H,40,47)/t29-,30-,31-,32?,33?/m0/s1. The summed E-state index contributed by atoms with van der Waals surface area (Å²) < 4.78 is 0. The Morgan fingerprint density at radius 1 is 0.957 bits per heavy atom. The summed E-state index contributed by atoms with van der Waals surface area (Å²) in [6, 6.07) is 6.84. The third kappa shape index (κ3) is 11.1. The zero-order chi connectivity index (χ0) is 33.8. The Labute approximate surface area is 279 Å². The molecule has 1 aliphatic carbocycles. The summed E-state index contributed by atoms with van der Waals surface area (Å²) in [5, 5.41) is 28.0. The first-order valence-corrected chi connectivity index (χ1v) is 17.6. The van der Waals surface area contributed by atoms with Crippen LogP contribution in [0.1, 0.15) is 89.3 Å². The van der Waals surface area contributed by atoms with Gasteiger partial charge in [0.15, 0.2) is 0 Å². The van der Waals surface area contributed by atoms with Crippen LogP contribution in [0.4, 0.5) is 4.79 Å². The number of aliphatic hydroxyl groups excluding tert-OH is 2. The van der Waals surface area contributed by atoms with E-state index in [1.165, 1.54) is 17.6 Å². The number of carbonyl (C=O) groups is 3. The number of aromatic amines is 1. The smallest absolute Gasteiger partial charge is 0.318 e. The Hall–Kier alpha value is -3.44. The van der Waals surface area contributed by atoms with Gasteiger partial charge in [0.1, 0.15) is 12.1 Å². The molecule has 1 saturated heterocycles. The number of benzene rings is 1. The molecular formula is C36H56N6O5. The van der Waals surface area contributed by atoms with E-state index in [4.69, 9.17) is 0 Å². The van der Waals surface area contributed by atoms with Crippen molar-refractivity contribution in [3.05, 3.63) is 54.1 Å². The number of rotatable bonds is 15. The number of carbonyl (C=O) groups excluding carboxylic acids is 3. The van der Waals surface area contributed by atoms with Crippen molar-refractivity contribution >= 4 is 17.8 Å². The fourth-order valence-electron chi connectivity index (χ4n) is 6.85. The molecule has 4 amide bonds. The van der Waals surface area contributed by atoms with Crippen LogP contribution >= 0.6 is 0 Å². The van der Waals surface area contributed by atoms with Gasteiger partial charge in [0.25, 0.3) is 0 Å². The number of nitrogens with zero attached hydrogens (tertiary/aromatic N) is 3. The van der Waals surface area contributed by atoms with Crippen LogP contribution in [0, 0.1) is 11.8 Å². The van der Waals surface area contributed by atoms with E-state index in [0.29, 0.717) is 31.1 Å². The van der Waals surface area contributed by atoms with E-state index in [1.807, 2.05) is 44.2 Å². The molecule has 0 spiro atoms. The highest BCUT2D eigenvalue weighted by Crippen LogP contribution is 2.29. The van der Waals surface area contributed by atoms with Crippen LogP contribution in [0.25, 0.3) is 0 Å². The van der Waals surface area contributed by atoms with Gasteiger partial charge in [-0.3, -0.25) is 9.59 Å². The van der Waals surface area contributed by atoms with Crippen LogP contribution in [-0.2, 0) is 22.4 Å². The molecule has 1 aromatic heterocycles. The molecule has 47 heavy (non-hydrogen) atoms. The lowest BCUT2D eigenvalue weighted by atomic mass is 9.82. The SMILES string of the molecule is CC(C)C(O)CC(O)[C@H](CC1CCCCC1)NC(=O)[C@H](Cc1c[nH]cn1)N(C)C(=O)[C@H](Cc1ccccc1)NC(=O)N1CCCCC1. The Balaban J connectivity index is 1.57. The first-order chi connectivity index (χ1) is 22.6. The molecule has 1 aliphatic heterocycles. The molecule has 2 heterocycles. The predicted molar refractivity (Wildman–Crippen MR) is 181 cm³/mol. The van der Waals surface area contributed by atoms with Gasteiger partial charge in [-0.05, 0) is 43.1 Å². The molecule has 2 fully saturated rings. The number of likely N-dealkylation sites (N-methyl/N-ethyl adjacent to an activating group) is 1. The lowest BCUT2D eigenvalue weighted by Gasteiger charge is -2.35. The highest BCUT2D eigenvalue weighted by atomic mass is 16.3. The van der Waals surface area contributed by atoms with Crippen molar-refractivity contribution in [3.63, 3.8) is 0 Å². The Morgan fingerprint density at radius 3 is 2.28 bits per heavy atom. The number of hydrogen-bond donors (Lipinski definition) is 5. The average molecular weight is 653 g/mol. The molecule has 4 rings (SSSR count). The van der Waals surface area contributed by atoms with Gasteiger partial charge in [-0.15, -0.1) is 0 Å². The summed E-state index contributed by atoms with van der Waals surface area (Å²) in [4.78, 5) is 52.3. The van der Waals surface area contributed by atoms with E-state index < -0.39 is 36.2 Å². The van der Waals surface area contributed by atoms with E-state index >= 15 is 0 Å². The second-order valence-electron chi connectivity index (χ2n) is 13.9. The van der Waals surface area contributed by atoms with Crippen molar-refractivity contribution < 1.29 is 24.6 Å². The summed E-state index contributed by atoms with van der Waals surface area (Å²) in [6.45, 7) is 5.10. The number of amides is 4. The maximum atomic E-state index is 14.3. The van der Waals surface area contributed by atoms with Gasteiger partial charge in [0.2, 0.25) is 11.8 Å². The highest BCUT2D eigenvalue weighted by molar-refractivity contribution is 5.92. The van der Waals surface area contributed by atoms with Crippen LogP contribution in [0.3, 0.4) is 0 Å². The summed E-state index contributed by atoms with van der Waals surface area (Å²) in [7, 11) is 1.60. The first-order valence-electron chi connectivity index (χ1n) is 17.6. The van der Waals surface area contributed by atoms with Gasteiger partial charge in [-0.1, -0.05) is 76.3 Å². The average Bonchev–Trinajstić information content (AvgIpc) is 3.60. The number of H-pyrrole nitrogens is 1. The molecule has 11 nitrogen and oxygen atoms in total. The maximum Gasteiger partial charge on any atom is 0.318 e. The normalized spacial score (nSPS) is 19.0. The van der Waals surface area contributed by atoms with Crippen molar-refractivity contribution in [1.29, 1.82) is 0 Å². The molecule has 1 aromatic carbocycles. The minimum Gasteiger partial charge on any atom is -0.393 e. The van der Waals surface area contributed by atoms with Crippen molar-refractivity contribution in [3.8, 4) is 0 Å². The molecule has 2 aromatic rings. The van der Waals surface area contributed by atoms with E-state index in [1.54, 1.807) is 18.1 Å².